The van der Waals surface area contributed by atoms with Gasteiger partial charge in [0.15, 0.2) is 0 Å². The third kappa shape index (κ3) is 9.34. The van der Waals surface area contributed by atoms with E-state index in [1.165, 1.54) is 6.07 Å². The number of piperidine rings is 1. The molecule has 3 rings (SSSR count). The van der Waals surface area contributed by atoms with Crippen molar-refractivity contribution in [2.45, 2.75) is 18.9 Å². The van der Waals surface area contributed by atoms with Crippen molar-refractivity contribution in [3.05, 3.63) is 29.3 Å². The first-order valence-electron chi connectivity index (χ1n) is 13.0. The molecule has 2 heterocycles. The summed E-state index contributed by atoms with van der Waals surface area (Å²) < 4.78 is 32.8. The lowest BCUT2D eigenvalue weighted by Crippen LogP contribution is -2.54. The maximum atomic E-state index is 13.0. The minimum absolute atomic E-state index is 0.0597. The van der Waals surface area contributed by atoms with Crippen LogP contribution in [0.25, 0.3) is 0 Å². The number of nitrogens with zero attached hydrogens (tertiary/aromatic N) is 1. The molecule has 0 saturated carbocycles. The molecule has 2 N–H and O–H groups in total. The zero-order valence-electron chi connectivity index (χ0n) is 22.2. The Balaban J connectivity index is 1.24. The molecule has 39 heavy (non-hydrogen) atoms. The second-order valence-corrected chi connectivity index (χ2v) is 8.64. The molecule has 1 unspecified atom stereocenters. The highest BCUT2D eigenvalue weighted by molar-refractivity contribution is 6.24. The molecule has 0 spiro atoms. The second kappa shape index (κ2) is 16.9. The van der Waals surface area contributed by atoms with Crippen molar-refractivity contribution in [1.29, 1.82) is 0 Å². The molecule has 13 nitrogen and oxygen atoms in total. The molecule has 1 aromatic carbocycles. The fourth-order valence-electron chi connectivity index (χ4n) is 3.97. The van der Waals surface area contributed by atoms with Gasteiger partial charge in [-0.25, -0.2) is 0 Å². The number of hydrogen-bond donors (Lipinski definition) is 2. The lowest BCUT2D eigenvalue weighted by molar-refractivity contribution is -0.136. The van der Waals surface area contributed by atoms with E-state index in [1.54, 1.807) is 12.1 Å². The highest BCUT2D eigenvalue weighted by Gasteiger charge is 2.45. The summed E-state index contributed by atoms with van der Waals surface area (Å²) in [6.07, 6.45) is 0.153. The molecule has 2 aliphatic heterocycles. The average molecular weight is 552 g/mol. The normalized spacial score (nSPS) is 17.1. The van der Waals surface area contributed by atoms with E-state index in [2.05, 4.69) is 10.6 Å². The van der Waals surface area contributed by atoms with E-state index in [4.69, 9.17) is 28.4 Å². The van der Waals surface area contributed by atoms with Crippen molar-refractivity contribution >= 4 is 23.6 Å². The molecule has 0 radical (unpaired) electrons. The van der Waals surface area contributed by atoms with E-state index in [9.17, 15) is 19.2 Å². The van der Waals surface area contributed by atoms with Gasteiger partial charge in [-0.15, -0.1) is 0 Å². The fourth-order valence-corrected chi connectivity index (χ4v) is 3.97. The molecule has 1 aromatic rings. The molecule has 13 heteroatoms. The maximum Gasteiger partial charge on any atom is 0.266 e. The molecule has 1 fully saturated rings. The van der Waals surface area contributed by atoms with Crippen molar-refractivity contribution < 1.29 is 47.6 Å². The lowest BCUT2D eigenvalue weighted by atomic mass is 10.0. The Morgan fingerprint density at radius 1 is 0.795 bits per heavy atom. The van der Waals surface area contributed by atoms with E-state index in [0.717, 1.165) is 11.4 Å². The molecule has 4 amide bonds. The van der Waals surface area contributed by atoms with Crippen LogP contribution in [0.15, 0.2) is 18.2 Å². The Labute approximate surface area is 227 Å². The highest BCUT2D eigenvalue weighted by Crippen LogP contribution is 2.33. The van der Waals surface area contributed by atoms with Gasteiger partial charge in [0.2, 0.25) is 11.8 Å². The monoisotopic (exact) mass is 551 g/mol. The van der Waals surface area contributed by atoms with Crippen molar-refractivity contribution in [3.63, 3.8) is 0 Å². The summed E-state index contributed by atoms with van der Waals surface area (Å²) in [4.78, 5) is 50.5. The fraction of sp³-hybridized carbons (Fsp3) is 0.615. The predicted molar refractivity (Wildman–Crippen MR) is 137 cm³/mol. The molecule has 2 aliphatic rings. The quantitative estimate of drug-likeness (QED) is 0.163. The van der Waals surface area contributed by atoms with E-state index >= 15 is 0 Å². The van der Waals surface area contributed by atoms with Crippen LogP contribution >= 0.6 is 0 Å². The number of nitrogens with one attached hydrogen (secondary N) is 2. The largest absolute Gasteiger partial charge is 0.490 e. The topological polar surface area (TPSA) is 151 Å². The number of benzene rings is 1. The molecule has 216 valence electrons. The standard InChI is InChI=1S/C26H37N3O10/c1-27-7-8-34-9-10-35-11-12-36-13-14-37-15-16-38-17-18-39-21-4-2-3-19-23(21)26(33)29(25(19)32)20-5-6-22(30)28-24(20)31/h2-4,20,27H,5-18H2,1H3,(H,28,30,31). The zero-order valence-corrected chi connectivity index (χ0v) is 22.2. The van der Waals surface area contributed by atoms with Crippen LogP contribution in [-0.4, -0.2) is 121 Å². The number of imide groups is 2. The van der Waals surface area contributed by atoms with E-state index in [-0.39, 0.29) is 42.9 Å². The third-order valence-electron chi connectivity index (χ3n) is 5.90. The molecule has 1 atom stereocenters. The van der Waals surface area contributed by atoms with Crippen LogP contribution in [0, 0.1) is 0 Å². The van der Waals surface area contributed by atoms with Crippen LogP contribution in [-0.2, 0) is 33.3 Å². The van der Waals surface area contributed by atoms with Gasteiger partial charge in [0.05, 0.1) is 77.2 Å². The Hall–Kier alpha value is -2.94. The molecule has 0 aliphatic carbocycles. The average Bonchev–Trinajstić information content (AvgIpc) is 3.18. The van der Waals surface area contributed by atoms with E-state index in [1.807, 2.05) is 7.05 Å². The summed E-state index contributed by atoms with van der Waals surface area (Å²) >= 11 is 0. The summed E-state index contributed by atoms with van der Waals surface area (Å²) in [7, 11) is 1.87. The van der Waals surface area contributed by atoms with Crippen molar-refractivity contribution in [2.75, 3.05) is 86.3 Å². The van der Waals surface area contributed by atoms with Gasteiger partial charge in [0.25, 0.3) is 11.8 Å². The highest BCUT2D eigenvalue weighted by atomic mass is 16.6. The Morgan fingerprint density at radius 3 is 1.92 bits per heavy atom. The lowest BCUT2D eigenvalue weighted by Gasteiger charge is -2.27. The molecule has 0 aromatic heterocycles. The molecule has 0 bridgehead atoms. The number of ether oxygens (including phenoxy) is 6. The van der Waals surface area contributed by atoms with E-state index < -0.39 is 29.7 Å². The van der Waals surface area contributed by atoms with E-state index in [0.29, 0.717) is 59.5 Å². The van der Waals surface area contributed by atoms with Crippen LogP contribution in [0.1, 0.15) is 33.6 Å². The van der Waals surface area contributed by atoms with Crippen molar-refractivity contribution in [3.8, 4) is 5.75 Å². The second-order valence-electron chi connectivity index (χ2n) is 8.64. The summed E-state index contributed by atoms with van der Waals surface area (Å²) in [5.74, 6) is -2.03. The Bertz CT molecular complexity index is 973. The van der Waals surface area contributed by atoms with Gasteiger partial charge in [-0.2, -0.15) is 0 Å². The van der Waals surface area contributed by atoms with Gasteiger partial charge in [-0.3, -0.25) is 29.4 Å². The summed E-state index contributed by atoms with van der Waals surface area (Å²) in [6, 6.07) is 3.69. The van der Waals surface area contributed by atoms with Gasteiger partial charge < -0.3 is 33.7 Å². The van der Waals surface area contributed by atoms with Crippen LogP contribution < -0.4 is 15.4 Å². The van der Waals surface area contributed by atoms with Crippen LogP contribution in [0.3, 0.4) is 0 Å². The summed E-state index contributed by atoms with van der Waals surface area (Å²) in [5, 5.41) is 5.18. The SMILES string of the molecule is CNCCOCCOCCOCCOCCOCCOc1cccc2c1C(=O)N(C1CCC(=O)NC1=O)C2=O. The number of hydrogen-bond acceptors (Lipinski definition) is 11. The predicted octanol–water partition coefficient (Wildman–Crippen LogP) is -0.231. The number of rotatable bonds is 20. The Morgan fingerprint density at radius 2 is 1.36 bits per heavy atom. The minimum Gasteiger partial charge on any atom is -0.490 e. The molecular weight excluding hydrogens is 514 g/mol. The molecule has 1 saturated heterocycles. The van der Waals surface area contributed by atoms with Gasteiger partial charge in [-0.1, -0.05) is 6.07 Å². The number of carbonyl (C=O) groups is 4. The van der Waals surface area contributed by atoms with Gasteiger partial charge >= 0.3 is 0 Å². The van der Waals surface area contributed by atoms with Gasteiger partial charge in [0, 0.05) is 13.0 Å². The van der Waals surface area contributed by atoms with Crippen molar-refractivity contribution in [1.82, 2.24) is 15.5 Å². The number of likely N-dealkylation sites (N-methyl/N-ethyl adjacent to an activating group) is 1. The Kier molecular flexibility index (Phi) is 13.3. The minimum atomic E-state index is -1.02. The third-order valence-corrected chi connectivity index (χ3v) is 5.90. The number of fused-ring (bicyclic) bond motifs is 1. The molecular formula is C26H37N3O10. The van der Waals surface area contributed by atoms with Crippen molar-refractivity contribution in [2.24, 2.45) is 0 Å². The smallest absolute Gasteiger partial charge is 0.266 e. The van der Waals surface area contributed by atoms with Crippen LogP contribution in [0.5, 0.6) is 5.75 Å². The first-order chi connectivity index (χ1) is 19.0. The zero-order chi connectivity index (χ0) is 27.9. The number of amides is 4. The number of carbonyl (C=O) groups excluding carboxylic acids is 4. The maximum absolute atomic E-state index is 13.0. The van der Waals surface area contributed by atoms with Crippen LogP contribution in [0.2, 0.25) is 0 Å². The van der Waals surface area contributed by atoms with Gasteiger partial charge in [-0.05, 0) is 25.6 Å². The summed E-state index contributed by atoms with van der Waals surface area (Å²) in [6.45, 7) is 5.58. The first kappa shape index (κ1) is 30.6. The first-order valence-corrected chi connectivity index (χ1v) is 13.0. The van der Waals surface area contributed by atoms with Crippen LogP contribution in [0.4, 0.5) is 0 Å². The van der Waals surface area contributed by atoms with Gasteiger partial charge in [0.1, 0.15) is 18.4 Å². The summed E-state index contributed by atoms with van der Waals surface area (Å²) in [5.41, 5.74) is 0.276.